The smallest absolute Gasteiger partial charge is 0.314 e. The molecule has 3 rings (SSSR count). The first-order valence-corrected chi connectivity index (χ1v) is 8.70. The van der Waals surface area contributed by atoms with Gasteiger partial charge in [0.15, 0.2) is 0 Å². The van der Waals surface area contributed by atoms with Crippen LogP contribution in [0.15, 0.2) is 48.8 Å². The lowest BCUT2D eigenvalue weighted by molar-refractivity contribution is 0.233. The maximum absolute atomic E-state index is 12.2. The minimum Gasteiger partial charge on any atom is -0.493 e. The first-order chi connectivity index (χ1) is 12.1. The molecule has 0 saturated heterocycles. The fourth-order valence-electron chi connectivity index (χ4n) is 3.11. The summed E-state index contributed by atoms with van der Waals surface area (Å²) in [6.07, 6.45) is 4.47. The molecule has 5 heteroatoms. The van der Waals surface area contributed by atoms with Crippen LogP contribution >= 0.6 is 0 Å². The normalized spacial score (nSPS) is 16.5. The van der Waals surface area contributed by atoms with E-state index in [4.69, 9.17) is 4.74 Å². The standard InChI is InChI=1S/C20H25N3O2/c1-20(2,16-7-10-21-11-8-16)14-23-19(24)22-13-15-9-12-25-18-6-4-3-5-17(15)18/h3-8,10-11,15H,9,12-14H2,1-2H3,(H2,22,23,24)/t15-/m0/s1. The van der Waals surface area contributed by atoms with Gasteiger partial charge in [-0.05, 0) is 35.7 Å². The van der Waals surface area contributed by atoms with Gasteiger partial charge in [-0.2, -0.15) is 0 Å². The fraction of sp³-hybridized carbons (Fsp3) is 0.400. The number of pyridine rings is 1. The third kappa shape index (κ3) is 4.29. The van der Waals surface area contributed by atoms with E-state index in [1.165, 1.54) is 5.56 Å². The number of rotatable bonds is 5. The Morgan fingerprint density at radius 1 is 1.20 bits per heavy atom. The molecule has 2 amide bonds. The molecule has 2 N–H and O–H groups in total. The Morgan fingerprint density at radius 2 is 1.96 bits per heavy atom. The molecule has 1 aliphatic rings. The van der Waals surface area contributed by atoms with Crippen LogP contribution in [0.4, 0.5) is 4.79 Å². The highest BCUT2D eigenvalue weighted by Gasteiger charge is 2.23. The summed E-state index contributed by atoms with van der Waals surface area (Å²) in [5.74, 6) is 1.23. The first kappa shape index (κ1) is 17.3. The maximum Gasteiger partial charge on any atom is 0.314 e. The van der Waals surface area contributed by atoms with Crippen molar-refractivity contribution in [2.45, 2.75) is 31.6 Å². The van der Waals surface area contributed by atoms with Crippen LogP contribution < -0.4 is 15.4 Å². The molecule has 2 aromatic rings. The van der Waals surface area contributed by atoms with E-state index in [9.17, 15) is 4.79 Å². The number of hydrogen-bond acceptors (Lipinski definition) is 3. The summed E-state index contributed by atoms with van der Waals surface area (Å²) in [7, 11) is 0. The minimum atomic E-state index is -0.147. The van der Waals surface area contributed by atoms with Crippen molar-refractivity contribution < 1.29 is 9.53 Å². The molecule has 0 aliphatic carbocycles. The molecule has 0 fully saturated rings. The van der Waals surface area contributed by atoms with Gasteiger partial charge in [0.05, 0.1) is 6.61 Å². The predicted octanol–water partition coefficient (Wildman–Crippen LogP) is 3.22. The number of ether oxygens (including phenoxy) is 1. The van der Waals surface area contributed by atoms with E-state index < -0.39 is 0 Å². The Balaban J connectivity index is 1.51. The third-order valence-electron chi connectivity index (χ3n) is 4.74. The molecule has 1 aromatic carbocycles. The van der Waals surface area contributed by atoms with Crippen LogP contribution in [-0.2, 0) is 5.41 Å². The topological polar surface area (TPSA) is 63.2 Å². The predicted molar refractivity (Wildman–Crippen MR) is 98.0 cm³/mol. The van der Waals surface area contributed by atoms with E-state index in [1.54, 1.807) is 12.4 Å². The van der Waals surface area contributed by atoms with Crippen molar-refractivity contribution in [2.75, 3.05) is 19.7 Å². The number of carbonyl (C=O) groups excluding carboxylic acids is 1. The molecule has 1 aromatic heterocycles. The lowest BCUT2D eigenvalue weighted by Crippen LogP contribution is -2.43. The number of fused-ring (bicyclic) bond motifs is 1. The van der Waals surface area contributed by atoms with Crippen molar-refractivity contribution in [1.82, 2.24) is 15.6 Å². The molecule has 2 heterocycles. The maximum atomic E-state index is 12.2. The number of hydrogen-bond donors (Lipinski definition) is 2. The summed E-state index contributed by atoms with van der Waals surface area (Å²) in [6, 6.07) is 11.9. The minimum absolute atomic E-state index is 0.133. The lowest BCUT2D eigenvalue weighted by Gasteiger charge is -2.27. The van der Waals surface area contributed by atoms with E-state index in [0.717, 1.165) is 17.7 Å². The Morgan fingerprint density at radius 3 is 2.76 bits per heavy atom. The van der Waals surface area contributed by atoms with Crippen LogP contribution in [0.25, 0.3) is 0 Å². The molecule has 1 aliphatic heterocycles. The number of carbonyl (C=O) groups is 1. The van der Waals surface area contributed by atoms with Gasteiger partial charge < -0.3 is 15.4 Å². The van der Waals surface area contributed by atoms with Gasteiger partial charge in [-0.1, -0.05) is 32.0 Å². The molecular formula is C20H25N3O2. The van der Waals surface area contributed by atoms with Crippen LogP contribution in [0.5, 0.6) is 5.75 Å². The largest absolute Gasteiger partial charge is 0.493 e. The molecule has 25 heavy (non-hydrogen) atoms. The highest BCUT2D eigenvalue weighted by atomic mass is 16.5. The van der Waals surface area contributed by atoms with E-state index in [2.05, 4.69) is 35.5 Å². The van der Waals surface area contributed by atoms with E-state index in [0.29, 0.717) is 25.6 Å². The van der Waals surface area contributed by atoms with E-state index in [1.807, 2.05) is 30.3 Å². The Labute approximate surface area is 148 Å². The molecule has 5 nitrogen and oxygen atoms in total. The summed E-state index contributed by atoms with van der Waals surface area (Å²) >= 11 is 0. The molecule has 0 unspecified atom stereocenters. The van der Waals surface area contributed by atoms with Gasteiger partial charge in [-0.3, -0.25) is 4.98 Å². The van der Waals surface area contributed by atoms with Crippen LogP contribution in [-0.4, -0.2) is 30.7 Å². The average molecular weight is 339 g/mol. The monoisotopic (exact) mass is 339 g/mol. The Hall–Kier alpha value is -2.56. The van der Waals surface area contributed by atoms with Crippen LogP contribution in [0.1, 0.15) is 37.3 Å². The van der Waals surface area contributed by atoms with E-state index in [-0.39, 0.29) is 11.4 Å². The Bertz CT molecular complexity index is 716. The fourth-order valence-corrected chi connectivity index (χ4v) is 3.11. The SMILES string of the molecule is CC(C)(CNC(=O)NC[C@@H]1CCOc2ccccc21)c1ccncc1. The summed E-state index contributed by atoms with van der Waals surface area (Å²) in [5, 5.41) is 5.98. The molecule has 0 saturated carbocycles. The zero-order valence-electron chi connectivity index (χ0n) is 14.8. The van der Waals surface area contributed by atoms with Crippen LogP contribution in [0.3, 0.4) is 0 Å². The number of urea groups is 1. The molecule has 0 spiro atoms. The summed E-state index contributed by atoms with van der Waals surface area (Å²) in [5.41, 5.74) is 2.18. The third-order valence-corrected chi connectivity index (χ3v) is 4.74. The van der Waals surface area contributed by atoms with E-state index >= 15 is 0 Å². The zero-order valence-corrected chi connectivity index (χ0v) is 14.8. The number of nitrogens with zero attached hydrogens (tertiary/aromatic N) is 1. The highest BCUT2D eigenvalue weighted by Crippen LogP contribution is 2.32. The van der Waals surface area contributed by atoms with Crippen LogP contribution in [0.2, 0.25) is 0 Å². The number of para-hydroxylation sites is 1. The van der Waals surface area contributed by atoms with Crippen molar-refractivity contribution in [3.63, 3.8) is 0 Å². The number of aromatic nitrogens is 1. The quantitative estimate of drug-likeness (QED) is 0.879. The zero-order chi connectivity index (χ0) is 17.7. The highest BCUT2D eigenvalue weighted by molar-refractivity contribution is 5.74. The first-order valence-electron chi connectivity index (χ1n) is 8.70. The molecule has 132 valence electrons. The van der Waals surface area contributed by atoms with Gasteiger partial charge in [-0.15, -0.1) is 0 Å². The van der Waals surface area contributed by atoms with Gasteiger partial charge in [0.2, 0.25) is 0 Å². The van der Waals surface area contributed by atoms with Crippen molar-refractivity contribution in [2.24, 2.45) is 0 Å². The second-order valence-electron chi connectivity index (χ2n) is 7.06. The second-order valence-corrected chi connectivity index (χ2v) is 7.06. The number of amides is 2. The lowest BCUT2D eigenvalue weighted by atomic mass is 9.85. The molecule has 1 atom stereocenters. The summed E-state index contributed by atoms with van der Waals surface area (Å²) in [6.45, 7) is 6.09. The number of benzene rings is 1. The van der Waals surface area contributed by atoms with Gasteiger partial charge >= 0.3 is 6.03 Å². The summed E-state index contributed by atoms with van der Waals surface area (Å²) in [4.78, 5) is 16.3. The number of nitrogens with one attached hydrogen (secondary N) is 2. The van der Waals surface area contributed by atoms with Gasteiger partial charge in [-0.25, -0.2) is 4.79 Å². The van der Waals surface area contributed by atoms with Crippen molar-refractivity contribution in [3.05, 3.63) is 59.9 Å². The Kier molecular flexibility index (Phi) is 5.22. The van der Waals surface area contributed by atoms with Gasteiger partial charge in [0.25, 0.3) is 0 Å². The van der Waals surface area contributed by atoms with Gasteiger partial charge in [0.1, 0.15) is 5.75 Å². The molecule has 0 bridgehead atoms. The van der Waals surface area contributed by atoms with Crippen LogP contribution in [0, 0.1) is 0 Å². The van der Waals surface area contributed by atoms with Gasteiger partial charge in [0, 0.05) is 36.8 Å². The second kappa shape index (κ2) is 7.55. The molecular weight excluding hydrogens is 314 g/mol. The summed E-state index contributed by atoms with van der Waals surface area (Å²) < 4.78 is 5.67. The molecule has 0 radical (unpaired) electrons. The average Bonchev–Trinajstić information content (AvgIpc) is 2.65. The van der Waals surface area contributed by atoms with Crippen molar-refractivity contribution >= 4 is 6.03 Å². The van der Waals surface area contributed by atoms with Crippen molar-refractivity contribution in [3.8, 4) is 5.75 Å². The van der Waals surface area contributed by atoms with Crippen molar-refractivity contribution in [1.29, 1.82) is 0 Å².